The van der Waals surface area contributed by atoms with Crippen LogP contribution in [0.4, 0.5) is 5.69 Å². The molecule has 0 atom stereocenters. The molecule has 0 radical (unpaired) electrons. The van der Waals surface area contributed by atoms with Gasteiger partial charge in [-0.25, -0.2) is 0 Å². The third-order valence-corrected chi connectivity index (χ3v) is 4.43. The van der Waals surface area contributed by atoms with E-state index in [2.05, 4.69) is 10.3 Å². The lowest BCUT2D eigenvalue weighted by atomic mass is 10.1. The van der Waals surface area contributed by atoms with Crippen LogP contribution in [0.1, 0.15) is 17.3 Å². The molecule has 0 fully saturated rings. The minimum atomic E-state index is -0.411. The molecule has 0 spiro atoms. The lowest BCUT2D eigenvalue weighted by Gasteiger charge is -2.13. The number of benzene rings is 2. The first-order chi connectivity index (χ1) is 12.7. The Morgan fingerprint density at radius 2 is 1.88 bits per heavy atom. The molecule has 5 nitrogen and oxygen atoms in total. The minimum Gasteiger partial charge on any atom is -0.345 e. The highest BCUT2D eigenvalue weighted by atomic mass is 16.2. The molecule has 0 unspecified atom stereocenters. The van der Waals surface area contributed by atoms with E-state index in [0.717, 1.165) is 16.4 Å². The van der Waals surface area contributed by atoms with E-state index in [1.165, 1.54) is 0 Å². The summed E-state index contributed by atoms with van der Waals surface area (Å²) in [6.45, 7) is 2.60. The van der Waals surface area contributed by atoms with Gasteiger partial charge in [-0.2, -0.15) is 0 Å². The van der Waals surface area contributed by atoms with Crippen molar-refractivity contribution in [2.24, 2.45) is 0 Å². The maximum atomic E-state index is 13.0. The number of fused-ring (bicyclic) bond motifs is 3. The first-order valence-corrected chi connectivity index (χ1v) is 8.46. The van der Waals surface area contributed by atoms with Crippen LogP contribution in [-0.4, -0.2) is 15.5 Å². The number of aryl methyl sites for hydroxylation is 1. The van der Waals surface area contributed by atoms with Crippen LogP contribution in [0.5, 0.6) is 0 Å². The number of nitrogens with one attached hydrogen (secondary N) is 1. The topological polar surface area (TPSA) is 64.0 Å². The fraction of sp³-hybridized carbons (Fsp3) is 0.0952. The molecule has 2 heterocycles. The number of hydrogen-bond donors (Lipinski definition) is 1. The normalized spacial score (nSPS) is 11.0. The van der Waals surface area contributed by atoms with Crippen molar-refractivity contribution in [1.29, 1.82) is 0 Å². The van der Waals surface area contributed by atoms with E-state index in [1.54, 1.807) is 30.6 Å². The molecule has 2 aromatic carbocycles. The van der Waals surface area contributed by atoms with Crippen LogP contribution in [0.2, 0.25) is 0 Å². The predicted molar refractivity (Wildman–Crippen MR) is 104 cm³/mol. The number of amides is 1. The Bertz CT molecular complexity index is 1180. The van der Waals surface area contributed by atoms with Crippen molar-refractivity contribution in [2.75, 3.05) is 5.32 Å². The molecule has 26 heavy (non-hydrogen) atoms. The van der Waals surface area contributed by atoms with Gasteiger partial charge in [-0.15, -0.1) is 0 Å². The van der Waals surface area contributed by atoms with Crippen molar-refractivity contribution in [3.8, 4) is 0 Å². The van der Waals surface area contributed by atoms with Crippen LogP contribution in [0.25, 0.3) is 21.8 Å². The van der Waals surface area contributed by atoms with Crippen LogP contribution in [0.15, 0.2) is 71.8 Å². The zero-order valence-electron chi connectivity index (χ0n) is 14.3. The van der Waals surface area contributed by atoms with Gasteiger partial charge < -0.3 is 9.88 Å². The van der Waals surface area contributed by atoms with Gasteiger partial charge in [0.2, 0.25) is 5.43 Å². The van der Waals surface area contributed by atoms with Crippen molar-refractivity contribution in [3.63, 3.8) is 0 Å². The fourth-order valence-electron chi connectivity index (χ4n) is 3.16. The molecule has 5 heteroatoms. The molecule has 0 aliphatic carbocycles. The summed E-state index contributed by atoms with van der Waals surface area (Å²) < 4.78 is 1.91. The van der Waals surface area contributed by atoms with E-state index in [4.69, 9.17) is 0 Å². The molecule has 4 rings (SSSR count). The summed E-state index contributed by atoms with van der Waals surface area (Å²) in [5, 5.41) is 4.24. The Labute approximate surface area is 149 Å². The van der Waals surface area contributed by atoms with Crippen molar-refractivity contribution in [2.45, 2.75) is 13.5 Å². The summed E-state index contributed by atoms with van der Waals surface area (Å²) in [5.74, 6) is -0.411. The molecule has 1 amide bonds. The average molecular weight is 343 g/mol. The van der Waals surface area contributed by atoms with Crippen molar-refractivity contribution in [3.05, 3.63) is 82.8 Å². The number of rotatable bonds is 3. The fourth-order valence-corrected chi connectivity index (χ4v) is 3.16. The van der Waals surface area contributed by atoms with Gasteiger partial charge in [-0.1, -0.05) is 30.3 Å². The van der Waals surface area contributed by atoms with Gasteiger partial charge in [0.05, 0.1) is 11.0 Å². The van der Waals surface area contributed by atoms with E-state index in [0.29, 0.717) is 17.6 Å². The van der Waals surface area contributed by atoms with Crippen LogP contribution in [-0.2, 0) is 6.54 Å². The van der Waals surface area contributed by atoms with E-state index < -0.39 is 5.91 Å². The Morgan fingerprint density at radius 1 is 1.08 bits per heavy atom. The molecule has 0 saturated carbocycles. The number of pyridine rings is 2. The number of para-hydroxylation sites is 1. The number of anilines is 1. The zero-order chi connectivity index (χ0) is 18.1. The van der Waals surface area contributed by atoms with Crippen LogP contribution >= 0.6 is 0 Å². The Morgan fingerprint density at radius 3 is 2.65 bits per heavy atom. The number of carbonyl (C=O) groups excluding carboxylic acids is 1. The highest BCUT2D eigenvalue weighted by Gasteiger charge is 2.17. The van der Waals surface area contributed by atoms with Gasteiger partial charge in [-0.05, 0) is 31.2 Å². The Kier molecular flexibility index (Phi) is 3.97. The molecule has 128 valence electrons. The van der Waals surface area contributed by atoms with Gasteiger partial charge in [0.1, 0.15) is 5.56 Å². The molecule has 4 aromatic rings. The maximum absolute atomic E-state index is 13.0. The lowest BCUT2D eigenvalue weighted by molar-refractivity contribution is 0.102. The summed E-state index contributed by atoms with van der Waals surface area (Å²) in [7, 11) is 0. The SMILES string of the molecule is CCn1cc(C(=O)Nc2ccccc2)c(=O)c2ccc3cccnc3c21. The van der Waals surface area contributed by atoms with Gasteiger partial charge in [0.25, 0.3) is 5.91 Å². The summed E-state index contributed by atoms with van der Waals surface area (Å²) >= 11 is 0. The zero-order valence-corrected chi connectivity index (χ0v) is 14.3. The number of carbonyl (C=O) groups is 1. The summed E-state index contributed by atoms with van der Waals surface area (Å²) in [6.07, 6.45) is 3.33. The highest BCUT2D eigenvalue weighted by Crippen LogP contribution is 2.22. The predicted octanol–water partition coefficient (Wildman–Crippen LogP) is 3.82. The monoisotopic (exact) mass is 343 g/mol. The third kappa shape index (κ3) is 2.63. The smallest absolute Gasteiger partial charge is 0.261 e. The van der Waals surface area contributed by atoms with Gasteiger partial charge in [0.15, 0.2) is 0 Å². The van der Waals surface area contributed by atoms with E-state index >= 15 is 0 Å². The van der Waals surface area contributed by atoms with E-state index in [1.807, 2.05) is 47.9 Å². The molecular weight excluding hydrogens is 326 g/mol. The van der Waals surface area contributed by atoms with E-state index in [-0.39, 0.29) is 11.0 Å². The molecule has 0 saturated heterocycles. The minimum absolute atomic E-state index is 0.124. The highest BCUT2D eigenvalue weighted by molar-refractivity contribution is 6.08. The largest absolute Gasteiger partial charge is 0.345 e. The van der Waals surface area contributed by atoms with Gasteiger partial charge in [0, 0.05) is 35.4 Å². The summed E-state index contributed by atoms with van der Waals surface area (Å²) in [5.41, 5.74) is 2.01. The molecule has 1 N–H and O–H groups in total. The third-order valence-electron chi connectivity index (χ3n) is 4.43. The summed E-state index contributed by atoms with van der Waals surface area (Å²) in [6, 6.07) is 16.6. The second-order valence-corrected chi connectivity index (χ2v) is 6.01. The van der Waals surface area contributed by atoms with Crippen LogP contribution in [0.3, 0.4) is 0 Å². The first-order valence-electron chi connectivity index (χ1n) is 8.46. The van der Waals surface area contributed by atoms with Crippen molar-refractivity contribution in [1.82, 2.24) is 9.55 Å². The van der Waals surface area contributed by atoms with Crippen molar-refractivity contribution < 1.29 is 4.79 Å². The second kappa shape index (κ2) is 6.44. The lowest BCUT2D eigenvalue weighted by Crippen LogP contribution is -2.24. The second-order valence-electron chi connectivity index (χ2n) is 6.01. The average Bonchev–Trinajstić information content (AvgIpc) is 2.68. The number of hydrogen-bond acceptors (Lipinski definition) is 3. The Balaban J connectivity index is 1.92. The molecular formula is C21H17N3O2. The van der Waals surface area contributed by atoms with Gasteiger partial charge in [-0.3, -0.25) is 14.6 Å². The molecule has 0 aliphatic heterocycles. The van der Waals surface area contributed by atoms with Gasteiger partial charge >= 0.3 is 0 Å². The molecule has 2 aromatic heterocycles. The summed E-state index contributed by atoms with van der Waals surface area (Å²) in [4.78, 5) is 30.1. The molecule has 0 bridgehead atoms. The van der Waals surface area contributed by atoms with E-state index in [9.17, 15) is 9.59 Å². The standard InChI is InChI=1S/C21H17N3O2/c1-2-24-13-17(21(26)23-15-8-4-3-5-9-15)20(25)16-11-10-14-7-6-12-22-18(14)19(16)24/h3-13H,2H2,1H3,(H,23,26). The Hall–Kier alpha value is -3.47. The van der Waals surface area contributed by atoms with Crippen molar-refractivity contribution >= 4 is 33.4 Å². The molecule has 0 aliphatic rings. The van der Waals surface area contributed by atoms with Crippen LogP contribution in [0, 0.1) is 0 Å². The number of nitrogens with zero attached hydrogens (tertiary/aromatic N) is 2. The first kappa shape index (κ1) is 16.0. The maximum Gasteiger partial charge on any atom is 0.261 e. The van der Waals surface area contributed by atoms with Crippen LogP contribution < -0.4 is 10.7 Å². The quantitative estimate of drug-likeness (QED) is 0.575. The number of aromatic nitrogens is 2.